The van der Waals surface area contributed by atoms with Gasteiger partial charge in [-0.1, -0.05) is 30.3 Å². The molecule has 3 atom stereocenters. The molecular formula is C19H25NO2. The van der Waals surface area contributed by atoms with Crippen LogP contribution in [0.5, 0.6) is 0 Å². The van der Waals surface area contributed by atoms with Crippen LogP contribution in [0.1, 0.15) is 37.7 Å². The van der Waals surface area contributed by atoms with Crippen LogP contribution >= 0.6 is 0 Å². The number of likely N-dealkylation sites (tertiary alicyclic amines) is 1. The summed E-state index contributed by atoms with van der Waals surface area (Å²) >= 11 is 0. The molecule has 1 aliphatic heterocycles. The van der Waals surface area contributed by atoms with Crippen molar-refractivity contribution in [2.45, 2.75) is 44.8 Å². The number of benzene rings is 1. The average Bonchev–Trinajstić information content (AvgIpc) is 3.12. The van der Waals surface area contributed by atoms with Gasteiger partial charge in [-0.3, -0.25) is 4.79 Å². The maximum atomic E-state index is 12.2. The highest BCUT2D eigenvalue weighted by Gasteiger charge is 2.43. The van der Waals surface area contributed by atoms with E-state index in [4.69, 9.17) is 4.74 Å². The number of ether oxygens (including phenoxy) is 1. The van der Waals surface area contributed by atoms with Gasteiger partial charge in [0.15, 0.2) is 0 Å². The van der Waals surface area contributed by atoms with Crippen LogP contribution in [0, 0.1) is 17.8 Å². The predicted octanol–water partition coefficient (Wildman–Crippen LogP) is 3.24. The molecule has 0 radical (unpaired) electrons. The van der Waals surface area contributed by atoms with Crippen LogP contribution in [0.15, 0.2) is 30.3 Å². The Balaban J connectivity index is 1.24. The molecule has 2 aliphatic carbocycles. The molecule has 3 aliphatic rings. The molecule has 3 fully saturated rings. The standard InChI is InChI=1S/C19H25NO2/c21-19(8-14-6-7-14)20-11-16-9-18(10-17(16)12-20)22-13-15-4-2-1-3-5-15/h1-5,14,16-18H,6-13H2/t16-,17+,18?. The maximum Gasteiger partial charge on any atom is 0.222 e. The lowest BCUT2D eigenvalue weighted by molar-refractivity contribution is -0.131. The molecule has 2 saturated carbocycles. The Labute approximate surface area is 132 Å². The first-order valence-corrected chi connectivity index (χ1v) is 8.71. The van der Waals surface area contributed by atoms with Crippen LogP contribution in [0.2, 0.25) is 0 Å². The van der Waals surface area contributed by atoms with E-state index in [1.807, 2.05) is 6.07 Å². The topological polar surface area (TPSA) is 29.5 Å². The number of hydrogen-bond donors (Lipinski definition) is 0. The van der Waals surface area contributed by atoms with Crippen LogP contribution in [-0.2, 0) is 16.1 Å². The number of hydrogen-bond acceptors (Lipinski definition) is 2. The number of rotatable bonds is 5. The van der Waals surface area contributed by atoms with E-state index >= 15 is 0 Å². The van der Waals surface area contributed by atoms with Gasteiger partial charge in [0, 0.05) is 19.5 Å². The summed E-state index contributed by atoms with van der Waals surface area (Å²) in [7, 11) is 0. The third-order valence-electron chi connectivity index (χ3n) is 5.55. The fourth-order valence-electron chi connectivity index (χ4n) is 4.07. The molecule has 0 N–H and O–H groups in total. The number of amides is 1. The molecule has 1 amide bonds. The van der Waals surface area contributed by atoms with E-state index in [1.54, 1.807) is 0 Å². The first-order chi connectivity index (χ1) is 10.8. The average molecular weight is 299 g/mol. The van der Waals surface area contributed by atoms with Gasteiger partial charge in [-0.05, 0) is 49.0 Å². The van der Waals surface area contributed by atoms with E-state index in [0.29, 0.717) is 29.8 Å². The molecule has 1 unspecified atom stereocenters. The van der Waals surface area contributed by atoms with Crippen LogP contribution in [0.25, 0.3) is 0 Å². The Morgan fingerprint density at radius 1 is 1.09 bits per heavy atom. The SMILES string of the molecule is O=C(CC1CC1)N1C[C@H]2CC(OCc3ccccc3)C[C@H]2C1. The van der Waals surface area contributed by atoms with Crippen molar-refractivity contribution in [3.05, 3.63) is 35.9 Å². The van der Waals surface area contributed by atoms with Crippen LogP contribution < -0.4 is 0 Å². The Bertz CT molecular complexity index is 511. The van der Waals surface area contributed by atoms with Gasteiger partial charge < -0.3 is 9.64 Å². The van der Waals surface area contributed by atoms with Gasteiger partial charge in [-0.15, -0.1) is 0 Å². The first-order valence-electron chi connectivity index (χ1n) is 8.71. The minimum absolute atomic E-state index is 0.385. The van der Waals surface area contributed by atoms with Crippen LogP contribution in [-0.4, -0.2) is 30.0 Å². The maximum absolute atomic E-state index is 12.2. The van der Waals surface area contributed by atoms with E-state index < -0.39 is 0 Å². The molecule has 0 bridgehead atoms. The Morgan fingerprint density at radius 3 is 2.41 bits per heavy atom. The highest BCUT2D eigenvalue weighted by Crippen LogP contribution is 2.41. The predicted molar refractivity (Wildman–Crippen MR) is 85.2 cm³/mol. The summed E-state index contributed by atoms with van der Waals surface area (Å²) in [4.78, 5) is 14.3. The van der Waals surface area contributed by atoms with Crippen molar-refractivity contribution in [1.82, 2.24) is 4.90 Å². The normalized spacial score (nSPS) is 30.5. The molecule has 118 valence electrons. The third kappa shape index (κ3) is 3.19. The third-order valence-corrected chi connectivity index (χ3v) is 5.55. The summed E-state index contributed by atoms with van der Waals surface area (Å²) in [5.41, 5.74) is 1.25. The minimum Gasteiger partial charge on any atom is -0.374 e. The lowest BCUT2D eigenvalue weighted by atomic mass is 10.0. The smallest absolute Gasteiger partial charge is 0.222 e. The summed E-state index contributed by atoms with van der Waals surface area (Å²) in [5.74, 6) is 2.45. The second-order valence-electron chi connectivity index (χ2n) is 7.36. The highest BCUT2D eigenvalue weighted by atomic mass is 16.5. The highest BCUT2D eigenvalue weighted by molar-refractivity contribution is 5.77. The van der Waals surface area contributed by atoms with Crippen LogP contribution in [0.3, 0.4) is 0 Å². The summed E-state index contributed by atoms with van der Waals surface area (Å²) in [6.45, 7) is 2.66. The van der Waals surface area contributed by atoms with Crippen molar-refractivity contribution < 1.29 is 9.53 Å². The molecule has 1 saturated heterocycles. The Hall–Kier alpha value is -1.35. The van der Waals surface area contributed by atoms with E-state index in [9.17, 15) is 4.79 Å². The zero-order chi connectivity index (χ0) is 14.9. The van der Waals surface area contributed by atoms with E-state index in [-0.39, 0.29) is 0 Å². The molecule has 1 aromatic rings. The monoisotopic (exact) mass is 299 g/mol. The number of carbonyl (C=O) groups excluding carboxylic acids is 1. The first kappa shape index (κ1) is 14.3. The van der Waals surface area contributed by atoms with Gasteiger partial charge in [-0.25, -0.2) is 0 Å². The van der Waals surface area contributed by atoms with Gasteiger partial charge >= 0.3 is 0 Å². The van der Waals surface area contributed by atoms with Gasteiger partial charge in [0.1, 0.15) is 0 Å². The zero-order valence-corrected chi connectivity index (χ0v) is 13.1. The van der Waals surface area contributed by atoms with Crippen molar-refractivity contribution in [2.24, 2.45) is 17.8 Å². The van der Waals surface area contributed by atoms with Crippen molar-refractivity contribution >= 4 is 5.91 Å². The van der Waals surface area contributed by atoms with Gasteiger partial charge in [-0.2, -0.15) is 0 Å². The molecule has 3 nitrogen and oxygen atoms in total. The Kier molecular flexibility index (Phi) is 3.91. The van der Waals surface area contributed by atoms with E-state index in [2.05, 4.69) is 29.2 Å². The van der Waals surface area contributed by atoms with Crippen molar-refractivity contribution in [2.75, 3.05) is 13.1 Å². The van der Waals surface area contributed by atoms with Crippen molar-refractivity contribution in [3.63, 3.8) is 0 Å². The second-order valence-corrected chi connectivity index (χ2v) is 7.36. The van der Waals surface area contributed by atoms with Crippen molar-refractivity contribution in [3.8, 4) is 0 Å². The zero-order valence-electron chi connectivity index (χ0n) is 13.1. The number of carbonyl (C=O) groups is 1. The molecule has 4 rings (SSSR count). The molecule has 1 aromatic carbocycles. The fraction of sp³-hybridized carbons (Fsp3) is 0.632. The number of fused-ring (bicyclic) bond motifs is 1. The van der Waals surface area contributed by atoms with Gasteiger partial charge in [0.2, 0.25) is 5.91 Å². The number of nitrogens with zero attached hydrogens (tertiary/aromatic N) is 1. The summed E-state index contributed by atoms with van der Waals surface area (Å²) < 4.78 is 6.09. The fourth-order valence-corrected chi connectivity index (χ4v) is 4.07. The van der Waals surface area contributed by atoms with Crippen molar-refractivity contribution in [1.29, 1.82) is 0 Å². The lowest BCUT2D eigenvalue weighted by Gasteiger charge is -2.19. The molecular weight excluding hydrogens is 274 g/mol. The molecule has 22 heavy (non-hydrogen) atoms. The summed E-state index contributed by atoms with van der Waals surface area (Å²) in [5, 5.41) is 0. The van der Waals surface area contributed by atoms with E-state index in [0.717, 1.165) is 39.0 Å². The molecule has 0 spiro atoms. The summed E-state index contributed by atoms with van der Waals surface area (Å²) in [6.07, 6.45) is 5.97. The summed E-state index contributed by atoms with van der Waals surface area (Å²) in [6, 6.07) is 10.4. The van der Waals surface area contributed by atoms with Gasteiger partial charge in [0.05, 0.1) is 12.7 Å². The molecule has 1 heterocycles. The van der Waals surface area contributed by atoms with E-state index in [1.165, 1.54) is 18.4 Å². The van der Waals surface area contributed by atoms with Gasteiger partial charge in [0.25, 0.3) is 0 Å². The second kappa shape index (κ2) is 6.04. The lowest BCUT2D eigenvalue weighted by Crippen LogP contribution is -2.30. The Morgan fingerprint density at radius 2 is 1.77 bits per heavy atom. The quantitative estimate of drug-likeness (QED) is 0.835. The van der Waals surface area contributed by atoms with Crippen LogP contribution in [0.4, 0.5) is 0 Å². The molecule has 3 heteroatoms. The molecule has 0 aromatic heterocycles. The largest absolute Gasteiger partial charge is 0.374 e. The minimum atomic E-state index is 0.385.